The third-order valence-corrected chi connectivity index (χ3v) is 6.57. The van der Waals surface area contributed by atoms with Crippen LogP contribution in [0.1, 0.15) is 38.5 Å². The van der Waals surface area contributed by atoms with E-state index >= 15 is 0 Å². The van der Waals surface area contributed by atoms with Crippen LogP contribution in [-0.2, 0) is 14.8 Å². The van der Waals surface area contributed by atoms with Gasteiger partial charge in [0.15, 0.2) is 0 Å². The molecule has 1 atom stereocenters. The first-order valence-electron chi connectivity index (χ1n) is 8.43. The maximum atomic E-state index is 12.3. The molecule has 1 N–H and O–H groups in total. The molecule has 8 heteroatoms. The van der Waals surface area contributed by atoms with Gasteiger partial charge in [0.05, 0.1) is 5.75 Å². The first kappa shape index (κ1) is 20.7. The molecule has 0 aromatic heterocycles. The summed E-state index contributed by atoms with van der Waals surface area (Å²) in [5.41, 5.74) is 0. The molecule has 2 rings (SSSR count). The minimum Gasteiger partial charge on any atom is -0.342 e. The summed E-state index contributed by atoms with van der Waals surface area (Å²) < 4.78 is 25.8. The molecular formula is C15H30ClN3O3S. The Labute approximate surface area is 146 Å². The average Bonchev–Trinajstić information content (AvgIpc) is 3.03. The maximum Gasteiger partial charge on any atom is 0.222 e. The second-order valence-corrected chi connectivity index (χ2v) is 8.52. The van der Waals surface area contributed by atoms with Gasteiger partial charge in [-0.05, 0) is 51.6 Å². The van der Waals surface area contributed by atoms with Gasteiger partial charge in [-0.15, -0.1) is 12.4 Å². The van der Waals surface area contributed by atoms with E-state index in [4.69, 9.17) is 0 Å². The van der Waals surface area contributed by atoms with Crippen molar-refractivity contribution in [1.29, 1.82) is 0 Å². The number of hydrogen-bond donors (Lipinski definition) is 1. The van der Waals surface area contributed by atoms with Crippen LogP contribution in [0.15, 0.2) is 0 Å². The van der Waals surface area contributed by atoms with Gasteiger partial charge in [-0.3, -0.25) is 4.79 Å². The fraction of sp³-hybridized carbons (Fsp3) is 0.933. The summed E-state index contributed by atoms with van der Waals surface area (Å²) in [6.07, 6.45) is 4.90. The highest BCUT2D eigenvalue weighted by molar-refractivity contribution is 7.89. The molecule has 0 aromatic carbocycles. The van der Waals surface area contributed by atoms with Crippen LogP contribution in [0.3, 0.4) is 0 Å². The van der Waals surface area contributed by atoms with E-state index in [-0.39, 0.29) is 24.1 Å². The molecule has 1 unspecified atom stereocenters. The van der Waals surface area contributed by atoms with E-state index in [1.165, 1.54) is 0 Å². The molecule has 0 radical (unpaired) electrons. The minimum absolute atomic E-state index is 0. The molecule has 2 heterocycles. The summed E-state index contributed by atoms with van der Waals surface area (Å²) in [4.78, 5) is 14.2. The Morgan fingerprint density at radius 1 is 1.17 bits per heavy atom. The summed E-state index contributed by atoms with van der Waals surface area (Å²) in [5, 5.41) is 3.17. The summed E-state index contributed by atoms with van der Waals surface area (Å²) in [5.74, 6) is 0.737. The van der Waals surface area contributed by atoms with Gasteiger partial charge < -0.3 is 10.2 Å². The van der Waals surface area contributed by atoms with E-state index in [2.05, 4.69) is 5.32 Å². The normalized spacial score (nSPS) is 22.8. The number of rotatable bonds is 7. The van der Waals surface area contributed by atoms with Gasteiger partial charge in [0.1, 0.15) is 0 Å². The lowest BCUT2D eigenvalue weighted by atomic mass is 9.98. The molecule has 6 nitrogen and oxygen atoms in total. The average molecular weight is 368 g/mol. The molecule has 0 aromatic rings. The van der Waals surface area contributed by atoms with Gasteiger partial charge in [0.25, 0.3) is 0 Å². The van der Waals surface area contributed by atoms with Gasteiger partial charge in [-0.1, -0.05) is 0 Å². The smallest absolute Gasteiger partial charge is 0.222 e. The summed E-state index contributed by atoms with van der Waals surface area (Å²) in [6.45, 7) is 3.85. The monoisotopic (exact) mass is 367 g/mol. The highest BCUT2D eigenvalue weighted by atomic mass is 35.5. The van der Waals surface area contributed by atoms with Crippen molar-refractivity contribution in [2.45, 2.75) is 38.5 Å². The van der Waals surface area contributed by atoms with Gasteiger partial charge in [0, 0.05) is 32.6 Å². The van der Waals surface area contributed by atoms with Crippen molar-refractivity contribution in [3.8, 4) is 0 Å². The number of hydrogen-bond acceptors (Lipinski definition) is 4. The standard InChI is InChI=1S/C15H29N3O3S.ClH/c1-16-12-14-6-4-8-17(13-14)15(19)7-5-11-22(20,21)18-9-2-3-10-18;/h14,16H,2-13H2,1H3;1H. The van der Waals surface area contributed by atoms with Crippen molar-refractivity contribution in [3.63, 3.8) is 0 Å². The molecule has 2 fully saturated rings. The van der Waals surface area contributed by atoms with Crippen LogP contribution in [-0.4, -0.2) is 69.1 Å². The Bertz CT molecular complexity index is 465. The Balaban J connectivity index is 0.00000264. The number of halogens is 1. The Hall–Kier alpha value is -0.370. The van der Waals surface area contributed by atoms with Crippen LogP contribution in [0.25, 0.3) is 0 Å². The molecule has 0 aliphatic carbocycles. The lowest BCUT2D eigenvalue weighted by molar-refractivity contribution is -0.133. The van der Waals surface area contributed by atoms with Gasteiger partial charge in [0.2, 0.25) is 15.9 Å². The van der Waals surface area contributed by atoms with Crippen LogP contribution in [0.4, 0.5) is 0 Å². The third-order valence-electron chi connectivity index (χ3n) is 4.62. The Kier molecular flexibility index (Phi) is 8.82. The molecule has 0 spiro atoms. The van der Waals surface area contributed by atoms with E-state index in [1.807, 2.05) is 11.9 Å². The predicted octanol–water partition coefficient (Wildman–Crippen LogP) is 1.07. The first-order chi connectivity index (χ1) is 10.5. The molecule has 1 amide bonds. The lowest BCUT2D eigenvalue weighted by Crippen LogP contribution is -2.42. The zero-order valence-corrected chi connectivity index (χ0v) is 15.6. The number of likely N-dealkylation sites (tertiary alicyclic amines) is 1. The van der Waals surface area contributed by atoms with Crippen molar-refractivity contribution < 1.29 is 13.2 Å². The topological polar surface area (TPSA) is 69.7 Å². The lowest BCUT2D eigenvalue weighted by Gasteiger charge is -2.32. The second kappa shape index (κ2) is 9.81. The first-order valence-corrected chi connectivity index (χ1v) is 10.0. The summed E-state index contributed by atoms with van der Waals surface area (Å²) >= 11 is 0. The fourth-order valence-electron chi connectivity index (χ4n) is 3.41. The van der Waals surface area contributed by atoms with E-state index in [0.29, 0.717) is 31.8 Å². The van der Waals surface area contributed by atoms with Crippen LogP contribution in [0.2, 0.25) is 0 Å². The summed E-state index contributed by atoms with van der Waals surface area (Å²) in [6, 6.07) is 0. The SMILES string of the molecule is CNCC1CCCN(C(=O)CCCS(=O)(=O)N2CCCC2)C1.Cl. The number of sulfonamides is 1. The largest absolute Gasteiger partial charge is 0.342 e. The quantitative estimate of drug-likeness (QED) is 0.730. The number of carbonyl (C=O) groups is 1. The van der Waals surface area contributed by atoms with Crippen molar-refractivity contribution in [2.24, 2.45) is 5.92 Å². The zero-order valence-electron chi connectivity index (χ0n) is 14.0. The highest BCUT2D eigenvalue weighted by Gasteiger charge is 2.26. The van der Waals surface area contributed by atoms with Crippen molar-refractivity contribution in [1.82, 2.24) is 14.5 Å². The fourth-order valence-corrected chi connectivity index (χ4v) is 4.99. The molecule has 23 heavy (non-hydrogen) atoms. The van der Waals surface area contributed by atoms with Crippen LogP contribution in [0.5, 0.6) is 0 Å². The number of amides is 1. The van der Waals surface area contributed by atoms with Gasteiger partial charge in [-0.25, -0.2) is 12.7 Å². The van der Waals surface area contributed by atoms with Crippen LogP contribution in [0, 0.1) is 5.92 Å². The van der Waals surface area contributed by atoms with E-state index in [1.54, 1.807) is 4.31 Å². The number of nitrogens with zero attached hydrogens (tertiary/aromatic N) is 2. The van der Waals surface area contributed by atoms with Gasteiger partial charge in [-0.2, -0.15) is 0 Å². The molecular weight excluding hydrogens is 338 g/mol. The van der Waals surface area contributed by atoms with E-state index in [9.17, 15) is 13.2 Å². The number of piperidine rings is 1. The van der Waals surface area contributed by atoms with E-state index in [0.717, 1.165) is 45.3 Å². The molecule has 2 aliphatic heterocycles. The van der Waals surface area contributed by atoms with Crippen molar-refractivity contribution in [3.05, 3.63) is 0 Å². The molecule has 2 saturated heterocycles. The van der Waals surface area contributed by atoms with Crippen molar-refractivity contribution in [2.75, 3.05) is 45.5 Å². The van der Waals surface area contributed by atoms with Crippen LogP contribution < -0.4 is 5.32 Å². The summed E-state index contributed by atoms with van der Waals surface area (Å²) in [7, 11) is -1.22. The van der Waals surface area contributed by atoms with Gasteiger partial charge >= 0.3 is 0 Å². The maximum absolute atomic E-state index is 12.3. The predicted molar refractivity (Wildman–Crippen MR) is 94.3 cm³/mol. The van der Waals surface area contributed by atoms with Crippen molar-refractivity contribution >= 4 is 28.3 Å². The second-order valence-electron chi connectivity index (χ2n) is 6.43. The molecule has 2 aliphatic rings. The third kappa shape index (κ3) is 6.21. The molecule has 0 bridgehead atoms. The molecule has 0 saturated carbocycles. The number of nitrogens with one attached hydrogen (secondary N) is 1. The Morgan fingerprint density at radius 2 is 1.87 bits per heavy atom. The highest BCUT2D eigenvalue weighted by Crippen LogP contribution is 2.18. The van der Waals surface area contributed by atoms with Crippen LogP contribution >= 0.6 is 12.4 Å². The number of carbonyl (C=O) groups excluding carboxylic acids is 1. The zero-order chi connectivity index (χ0) is 16.0. The Morgan fingerprint density at radius 3 is 2.52 bits per heavy atom. The van der Waals surface area contributed by atoms with E-state index < -0.39 is 10.0 Å². The minimum atomic E-state index is -3.15. The molecule has 136 valence electrons.